The molecule has 0 unspecified atom stereocenters. The second-order valence-electron chi connectivity index (χ2n) is 3.07. The van der Waals surface area contributed by atoms with Crippen molar-refractivity contribution in [3.63, 3.8) is 0 Å². The summed E-state index contributed by atoms with van der Waals surface area (Å²) in [6.07, 6.45) is -0.484. The lowest BCUT2D eigenvalue weighted by atomic mass is 10.0. The fourth-order valence-electron chi connectivity index (χ4n) is 1.11. The van der Waals surface area contributed by atoms with Gasteiger partial charge in [0.2, 0.25) is 0 Å². The van der Waals surface area contributed by atoms with Crippen LogP contribution in [0.3, 0.4) is 0 Å². The first-order valence-corrected chi connectivity index (χ1v) is 4.63. The molecule has 1 rings (SSSR count). The highest BCUT2D eigenvalue weighted by molar-refractivity contribution is 6.30. The molecule has 4 heteroatoms. The molecule has 0 radical (unpaired) electrons. The van der Waals surface area contributed by atoms with Crippen molar-refractivity contribution in [2.45, 2.75) is 19.1 Å². The maximum atomic E-state index is 9.77. The van der Waals surface area contributed by atoms with Gasteiger partial charge < -0.3 is 10.4 Å². The molecule has 0 aromatic heterocycles. The average molecular weight is 236 g/mol. The van der Waals surface area contributed by atoms with Gasteiger partial charge in [-0.25, -0.2) is 0 Å². The lowest BCUT2D eigenvalue weighted by molar-refractivity contribution is 0.140. The van der Waals surface area contributed by atoms with Gasteiger partial charge in [-0.05, 0) is 31.7 Å². The van der Waals surface area contributed by atoms with E-state index in [0.29, 0.717) is 5.02 Å². The summed E-state index contributed by atoms with van der Waals surface area (Å²) < 4.78 is 0. The monoisotopic (exact) mass is 235 g/mol. The normalized spacial score (nSPS) is 14.3. The van der Waals surface area contributed by atoms with Gasteiger partial charge in [-0.15, -0.1) is 12.4 Å². The van der Waals surface area contributed by atoms with E-state index in [1.54, 1.807) is 12.1 Å². The number of hydrogen-bond donors (Lipinski definition) is 2. The maximum absolute atomic E-state index is 9.77. The summed E-state index contributed by atoms with van der Waals surface area (Å²) in [5, 5.41) is 13.5. The Hall–Kier alpha value is -0.280. The molecular formula is C10H15Cl2NO. The second kappa shape index (κ2) is 6.25. The van der Waals surface area contributed by atoms with E-state index < -0.39 is 6.10 Å². The lowest BCUT2D eigenvalue weighted by Gasteiger charge is -2.18. The minimum atomic E-state index is -0.484. The predicted octanol–water partition coefficient (Wildman–Crippen LogP) is 2.40. The van der Waals surface area contributed by atoms with Gasteiger partial charge in [0.15, 0.2) is 0 Å². The molecule has 2 atom stereocenters. The zero-order chi connectivity index (χ0) is 9.84. The number of likely N-dealkylation sites (N-methyl/N-ethyl adjacent to an activating group) is 1. The van der Waals surface area contributed by atoms with E-state index in [1.165, 1.54) is 0 Å². The van der Waals surface area contributed by atoms with Crippen LogP contribution in [0.5, 0.6) is 0 Å². The fourth-order valence-corrected chi connectivity index (χ4v) is 1.23. The van der Waals surface area contributed by atoms with Gasteiger partial charge in [0.25, 0.3) is 0 Å². The number of aliphatic hydroxyl groups is 1. The minimum absolute atomic E-state index is 0. The third-order valence-electron chi connectivity index (χ3n) is 2.14. The third-order valence-corrected chi connectivity index (χ3v) is 2.39. The molecule has 0 heterocycles. The quantitative estimate of drug-likeness (QED) is 0.844. The zero-order valence-electron chi connectivity index (χ0n) is 8.20. The molecule has 1 aromatic rings. The Balaban J connectivity index is 0.00000169. The molecule has 0 aliphatic heterocycles. The first kappa shape index (κ1) is 13.7. The van der Waals surface area contributed by atoms with Gasteiger partial charge in [0.1, 0.15) is 0 Å². The van der Waals surface area contributed by atoms with Crippen LogP contribution in [0.1, 0.15) is 18.6 Å². The lowest BCUT2D eigenvalue weighted by Crippen LogP contribution is -2.28. The largest absolute Gasteiger partial charge is 0.387 e. The summed E-state index contributed by atoms with van der Waals surface area (Å²) in [5.41, 5.74) is 0.881. The SMILES string of the molecule is CN[C@@H](C)[C@@H](O)c1ccc(Cl)cc1.Cl. The van der Waals surface area contributed by atoms with Crippen LogP contribution < -0.4 is 5.32 Å². The Bertz CT molecular complexity index is 263. The van der Waals surface area contributed by atoms with Gasteiger partial charge in [0.05, 0.1) is 6.10 Å². The van der Waals surface area contributed by atoms with Crippen molar-refractivity contribution in [3.8, 4) is 0 Å². The van der Waals surface area contributed by atoms with Crippen molar-refractivity contribution < 1.29 is 5.11 Å². The summed E-state index contributed by atoms with van der Waals surface area (Å²) in [4.78, 5) is 0. The van der Waals surface area contributed by atoms with Gasteiger partial charge >= 0.3 is 0 Å². The smallest absolute Gasteiger partial charge is 0.0940 e. The molecule has 2 N–H and O–H groups in total. The molecular weight excluding hydrogens is 221 g/mol. The molecule has 0 amide bonds. The maximum Gasteiger partial charge on any atom is 0.0940 e. The van der Waals surface area contributed by atoms with Gasteiger partial charge in [0, 0.05) is 11.1 Å². The van der Waals surface area contributed by atoms with E-state index in [9.17, 15) is 5.11 Å². The molecule has 0 aliphatic rings. The Morgan fingerprint density at radius 3 is 2.21 bits per heavy atom. The molecule has 0 fully saturated rings. The third kappa shape index (κ3) is 3.46. The summed E-state index contributed by atoms with van der Waals surface area (Å²) in [6.45, 7) is 1.93. The Labute approximate surface area is 95.7 Å². The van der Waals surface area contributed by atoms with Crippen LogP contribution in [0.25, 0.3) is 0 Å². The molecule has 0 saturated heterocycles. The number of hydrogen-bond acceptors (Lipinski definition) is 2. The summed E-state index contributed by atoms with van der Waals surface area (Å²) in [7, 11) is 1.82. The molecule has 14 heavy (non-hydrogen) atoms. The van der Waals surface area contributed by atoms with Crippen molar-refractivity contribution in [2.75, 3.05) is 7.05 Å². The van der Waals surface area contributed by atoms with E-state index in [2.05, 4.69) is 5.32 Å². The topological polar surface area (TPSA) is 32.3 Å². The molecule has 0 aliphatic carbocycles. The number of aliphatic hydroxyl groups excluding tert-OH is 1. The molecule has 0 bridgehead atoms. The van der Waals surface area contributed by atoms with Crippen LogP contribution in [-0.4, -0.2) is 18.2 Å². The van der Waals surface area contributed by atoms with Crippen molar-refractivity contribution in [2.24, 2.45) is 0 Å². The van der Waals surface area contributed by atoms with Crippen LogP contribution >= 0.6 is 24.0 Å². The molecule has 0 spiro atoms. The van der Waals surface area contributed by atoms with Crippen LogP contribution in [-0.2, 0) is 0 Å². The standard InChI is InChI=1S/C10H14ClNO.ClH/c1-7(12-2)10(13)8-3-5-9(11)6-4-8;/h3-7,10,12-13H,1-2H3;1H/t7-,10+;/m0./s1. The average Bonchev–Trinajstić information content (AvgIpc) is 2.17. The van der Waals surface area contributed by atoms with Crippen LogP contribution in [0.2, 0.25) is 5.02 Å². The van der Waals surface area contributed by atoms with Gasteiger partial charge in [-0.2, -0.15) is 0 Å². The van der Waals surface area contributed by atoms with Crippen molar-refractivity contribution in [3.05, 3.63) is 34.9 Å². The number of nitrogens with one attached hydrogen (secondary N) is 1. The van der Waals surface area contributed by atoms with Gasteiger partial charge in [-0.1, -0.05) is 23.7 Å². The van der Waals surface area contributed by atoms with E-state index in [1.807, 2.05) is 26.1 Å². The van der Waals surface area contributed by atoms with E-state index in [0.717, 1.165) is 5.56 Å². The summed E-state index contributed by atoms with van der Waals surface area (Å²) in [6, 6.07) is 7.27. The van der Waals surface area contributed by atoms with Crippen molar-refractivity contribution >= 4 is 24.0 Å². The fraction of sp³-hybridized carbons (Fsp3) is 0.400. The van der Waals surface area contributed by atoms with Crippen LogP contribution in [0.4, 0.5) is 0 Å². The van der Waals surface area contributed by atoms with Crippen LogP contribution in [0, 0.1) is 0 Å². The Morgan fingerprint density at radius 2 is 1.79 bits per heavy atom. The van der Waals surface area contributed by atoms with E-state index in [-0.39, 0.29) is 18.4 Å². The highest BCUT2D eigenvalue weighted by atomic mass is 35.5. The predicted molar refractivity (Wildman–Crippen MR) is 62.2 cm³/mol. The highest BCUT2D eigenvalue weighted by Crippen LogP contribution is 2.18. The second-order valence-corrected chi connectivity index (χ2v) is 3.51. The Kier molecular flexibility index (Phi) is 6.12. The summed E-state index contributed by atoms with van der Waals surface area (Å²) >= 11 is 5.73. The first-order chi connectivity index (χ1) is 6.15. The Morgan fingerprint density at radius 1 is 1.29 bits per heavy atom. The van der Waals surface area contributed by atoms with Crippen LogP contribution in [0.15, 0.2) is 24.3 Å². The zero-order valence-corrected chi connectivity index (χ0v) is 9.77. The van der Waals surface area contributed by atoms with E-state index in [4.69, 9.17) is 11.6 Å². The number of rotatable bonds is 3. The van der Waals surface area contributed by atoms with Crippen molar-refractivity contribution in [1.29, 1.82) is 0 Å². The molecule has 2 nitrogen and oxygen atoms in total. The van der Waals surface area contributed by atoms with Gasteiger partial charge in [-0.3, -0.25) is 0 Å². The van der Waals surface area contributed by atoms with E-state index >= 15 is 0 Å². The number of halogens is 2. The highest BCUT2D eigenvalue weighted by Gasteiger charge is 2.13. The minimum Gasteiger partial charge on any atom is -0.387 e. The number of benzene rings is 1. The molecule has 80 valence electrons. The first-order valence-electron chi connectivity index (χ1n) is 4.26. The molecule has 1 aromatic carbocycles. The molecule has 0 saturated carbocycles. The summed E-state index contributed by atoms with van der Waals surface area (Å²) in [5.74, 6) is 0. The van der Waals surface area contributed by atoms with Crippen molar-refractivity contribution in [1.82, 2.24) is 5.32 Å².